The molecule has 2 aliphatic heterocycles. The highest BCUT2D eigenvalue weighted by Crippen LogP contribution is 2.42. The summed E-state index contributed by atoms with van der Waals surface area (Å²) in [6.45, 7) is 6.71. The van der Waals surface area contributed by atoms with Gasteiger partial charge in [0.15, 0.2) is 0 Å². The van der Waals surface area contributed by atoms with Gasteiger partial charge >= 0.3 is 0 Å². The standard InChI is InChI=1S/C20H30N2O3/c1-3-12-25-19-5-4-17(15-18(19)21(2)16-23)22-10-6-20(7-11-22)8-13-24-14-9-20/h4-5,15-16H,3,6-14H2,1-2H3. The summed E-state index contributed by atoms with van der Waals surface area (Å²) >= 11 is 0. The zero-order valence-corrected chi connectivity index (χ0v) is 15.5. The Labute approximate surface area is 150 Å². The van der Waals surface area contributed by atoms with E-state index in [-0.39, 0.29) is 0 Å². The van der Waals surface area contributed by atoms with Crippen LogP contribution in [0.1, 0.15) is 39.0 Å². The van der Waals surface area contributed by atoms with Crippen molar-refractivity contribution in [2.75, 3.05) is 49.8 Å². The summed E-state index contributed by atoms with van der Waals surface area (Å²) in [6, 6.07) is 6.20. The molecule has 0 radical (unpaired) electrons. The van der Waals surface area contributed by atoms with Crippen molar-refractivity contribution in [2.24, 2.45) is 5.41 Å². The van der Waals surface area contributed by atoms with E-state index in [2.05, 4.69) is 24.0 Å². The number of carbonyl (C=O) groups excluding carboxylic acids is 1. The van der Waals surface area contributed by atoms with Crippen LogP contribution in [0.25, 0.3) is 0 Å². The van der Waals surface area contributed by atoms with E-state index in [1.54, 1.807) is 11.9 Å². The highest BCUT2D eigenvalue weighted by atomic mass is 16.5. The number of amides is 1. The minimum absolute atomic E-state index is 0.487. The van der Waals surface area contributed by atoms with Gasteiger partial charge in [-0.25, -0.2) is 0 Å². The molecule has 0 N–H and O–H groups in total. The molecule has 2 heterocycles. The molecule has 1 spiro atoms. The first-order chi connectivity index (χ1) is 12.2. The van der Waals surface area contributed by atoms with Gasteiger partial charge < -0.3 is 19.3 Å². The molecular formula is C20H30N2O3. The van der Waals surface area contributed by atoms with Crippen LogP contribution in [0.5, 0.6) is 5.75 Å². The zero-order valence-electron chi connectivity index (χ0n) is 15.5. The summed E-state index contributed by atoms with van der Waals surface area (Å²) in [7, 11) is 1.78. The van der Waals surface area contributed by atoms with E-state index in [1.807, 2.05) is 6.07 Å². The Morgan fingerprint density at radius 3 is 2.60 bits per heavy atom. The normalized spacial score (nSPS) is 19.7. The number of rotatable bonds is 6. The SMILES string of the molecule is CCCOc1ccc(N2CCC3(CCOCC3)CC2)cc1N(C)C=O. The smallest absolute Gasteiger partial charge is 0.213 e. The van der Waals surface area contributed by atoms with E-state index in [4.69, 9.17) is 9.47 Å². The second-order valence-electron chi connectivity index (χ2n) is 7.32. The number of anilines is 2. The molecule has 2 fully saturated rings. The van der Waals surface area contributed by atoms with Gasteiger partial charge in [-0.2, -0.15) is 0 Å². The molecule has 25 heavy (non-hydrogen) atoms. The molecule has 2 aliphatic rings. The summed E-state index contributed by atoms with van der Waals surface area (Å²) < 4.78 is 11.4. The van der Waals surface area contributed by atoms with Gasteiger partial charge in [0, 0.05) is 39.0 Å². The van der Waals surface area contributed by atoms with Crippen molar-refractivity contribution in [3.8, 4) is 5.75 Å². The van der Waals surface area contributed by atoms with Crippen molar-refractivity contribution in [1.29, 1.82) is 0 Å². The first kappa shape index (κ1) is 18.1. The molecule has 0 aliphatic carbocycles. The van der Waals surface area contributed by atoms with E-state index >= 15 is 0 Å². The van der Waals surface area contributed by atoms with Crippen LogP contribution in [-0.2, 0) is 9.53 Å². The van der Waals surface area contributed by atoms with Crippen LogP contribution in [0.2, 0.25) is 0 Å². The maximum Gasteiger partial charge on any atom is 0.213 e. The zero-order chi connectivity index (χ0) is 17.7. The van der Waals surface area contributed by atoms with Crippen molar-refractivity contribution in [2.45, 2.75) is 39.0 Å². The van der Waals surface area contributed by atoms with E-state index in [0.29, 0.717) is 12.0 Å². The summed E-state index contributed by atoms with van der Waals surface area (Å²) in [5, 5.41) is 0. The largest absolute Gasteiger partial charge is 0.491 e. The average molecular weight is 346 g/mol. The molecule has 2 saturated heterocycles. The van der Waals surface area contributed by atoms with Crippen LogP contribution in [0.4, 0.5) is 11.4 Å². The van der Waals surface area contributed by atoms with Crippen LogP contribution in [0.3, 0.4) is 0 Å². The molecule has 0 saturated carbocycles. The Morgan fingerprint density at radius 2 is 1.96 bits per heavy atom. The minimum Gasteiger partial charge on any atom is -0.491 e. The van der Waals surface area contributed by atoms with Gasteiger partial charge in [0.1, 0.15) is 5.75 Å². The second kappa shape index (κ2) is 8.09. The fraction of sp³-hybridized carbons (Fsp3) is 0.650. The minimum atomic E-state index is 0.487. The fourth-order valence-corrected chi connectivity index (χ4v) is 3.91. The lowest BCUT2D eigenvalue weighted by atomic mass is 9.72. The van der Waals surface area contributed by atoms with Crippen LogP contribution in [0, 0.1) is 5.41 Å². The number of ether oxygens (including phenoxy) is 2. The molecule has 0 aromatic heterocycles. The van der Waals surface area contributed by atoms with Gasteiger partial charge in [-0.1, -0.05) is 6.92 Å². The lowest BCUT2D eigenvalue weighted by Gasteiger charge is -2.45. The van der Waals surface area contributed by atoms with Gasteiger partial charge in [0.25, 0.3) is 0 Å². The maximum absolute atomic E-state index is 11.3. The van der Waals surface area contributed by atoms with Gasteiger partial charge in [0.05, 0.1) is 12.3 Å². The number of nitrogens with zero attached hydrogens (tertiary/aromatic N) is 2. The molecule has 1 aromatic carbocycles. The van der Waals surface area contributed by atoms with E-state index < -0.39 is 0 Å². The Kier molecular flexibility index (Phi) is 5.84. The predicted octanol–water partition coefficient (Wildman–Crippen LogP) is 3.47. The Bertz CT molecular complexity index is 574. The third-order valence-electron chi connectivity index (χ3n) is 5.69. The Morgan fingerprint density at radius 1 is 1.24 bits per heavy atom. The number of benzene rings is 1. The van der Waals surface area contributed by atoms with Crippen molar-refractivity contribution in [3.63, 3.8) is 0 Å². The summed E-state index contributed by atoms with van der Waals surface area (Å²) in [4.78, 5) is 15.3. The van der Waals surface area contributed by atoms with Gasteiger partial charge in [-0.3, -0.25) is 4.79 Å². The number of hydrogen-bond donors (Lipinski definition) is 0. The summed E-state index contributed by atoms with van der Waals surface area (Å²) in [6.07, 6.45) is 6.63. The summed E-state index contributed by atoms with van der Waals surface area (Å²) in [5.74, 6) is 0.776. The molecule has 138 valence electrons. The van der Waals surface area contributed by atoms with Crippen LogP contribution in [0.15, 0.2) is 18.2 Å². The first-order valence-electron chi connectivity index (χ1n) is 9.45. The third kappa shape index (κ3) is 4.09. The van der Waals surface area contributed by atoms with Gasteiger partial charge in [-0.05, 0) is 55.7 Å². The third-order valence-corrected chi connectivity index (χ3v) is 5.69. The number of carbonyl (C=O) groups is 1. The van der Waals surface area contributed by atoms with Gasteiger partial charge in [-0.15, -0.1) is 0 Å². The van der Waals surface area contributed by atoms with E-state index in [1.165, 1.54) is 31.4 Å². The highest BCUT2D eigenvalue weighted by molar-refractivity contribution is 5.80. The van der Waals surface area contributed by atoms with Crippen molar-refractivity contribution < 1.29 is 14.3 Å². The van der Waals surface area contributed by atoms with Gasteiger partial charge in [0.2, 0.25) is 6.41 Å². The lowest BCUT2D eigenvalue weighted by Crippen LogP contribution is -2.43. The monoisotopic (exact) mass is 346 g/mol. The van der Waals surface area contributed by atoms with Crippen LogP contribution < -0.4 is 14.5 Å². The van der Waals surface area contributed by atoms with Crippen LogP contribution >= 0.6 is 0 Å². The average Bonchev–Trinajstić information content (AvgIpc) is 2.67. The van der Waals surface area contributed by atoms with E-state index in [0.717, 1.165) is 50.6 Å². The molecule has 5 heteroatoms. The Hall–Kier alpha value is -1.75. The van der Waals surface area contributed by atoms with Crippen LogP contribution in [-0.4, -0.2) is 46.4 Å². The molecule has 1 aromatic rings. The maximum atomic E-state index is 11.3. The van der Waals surface area contributed by atoms with Crippen molar-refractivity contribution >= 4 is 17.8 Å². The van der Waals surface area contributed by atoms with Crippen molar-refractivity contribution in [1.82, 2.24) is 0 Å². The first-order valence-corrected chi connectivity index (χ1v) is 9.45. The molecule has 1 amide bonds. The topological polar surface area (TPSA) is 42.0 Å². The molecule has 3 rings (SSSR count). The molecule has 0 unspecified atom stereocenters. The molecule has 0 bridgehead atoms. The molecule has 5 nitrogen and oxygen atoms in total. The second-order valence-corrected chi connectivity index (χ2v) is 7.32. The predicted molar refractivity (Wildman–Crippen MR) is 101 cm³/mol. The number of hydrogen-bond acceptors (Lipinski definition) is 4. The van der Waals surface area contributed by atoms with Crippen molar-refractivity contribution in [3.05, 3.63) is 18.2 Å². The molecular weight excluding hydrogens is 316 g/mol. The molecule has 0 atom stereocenters. The quantitative estimate of drug-likeness (QED) is 0.740. The fourth-order valence-electron chi connectivity index (χ4n) is 3.91. The lowest BCUT2D eigenvalue weighted by molar-refractivity contribution is -0.107. The van der Waals surface area contributed by atoms with E-state index in [9.17, 15) is 4.79 Å². The summed E-state index contributed by atoms with van der Waals surface area (Å²) in [5.41, 5.74) is 2.50. The highest BCUT2D eigenvalue weighted by Gasteiger charge is 2.36. The number of piperidine rings is 1. The Balaban J connectivity index is 1.73.